The Labute approximate surface area is 230 Å². The van der Waals surface area contributed by atoms with Crippen LogP contribution in [0.2, 0.25) is 0 Å². The van der Waals surface area contributed by atoms with Gasteiger partial charge in [0.15, 0.2) is 23.0 Å². The van der Waals surface area contributed by atoms with E-state index in [1.807, 2.05) is 0 Å². The molecule has 210 valence electrons. The van der Waals surface area contributed by atoms with Gasteiger partial charge in [0, 0.05) is 24.0 Å². The number of carbonyl (C=O) groups is 1. The van der Waals surface area contributed by atoms with Crippen molar-refractivity contribution >= 4 is 12.1 Å². The summed E-state index contributed by atoms with van der Waals surface area (Å²) in [5.41, 5.74) is 4.67. The van der Waals surface area contributed by atoms with Gasteiger partial charge >= 0.3 is 0 Å². The van der Waals surface area contributed by atoms with Gasteiger partial charge in [0.25, 0.3) is 0 Å². The molecule has 0 spiro atoms. The number of phenolic OH excluding ortho intramolecular Hbond substituents is 1. The van der Waals surface area contributed by atoms with E-state index in [0.29, 0.717) is 51.0 Å². The standard InChI is InChI=1S/C29H30N2O9/c1-36-23-8-16(9-24(37-2)28(23)38-3)25-17-10-21-22(40-14-39-21)11-18(17)27(34)19(13-32)26(25)29(35)31-30-12-15-6-4-5-7-20(15)33/h4-12,19,25-27,32-34H,13-14H2,1-3H3,(H,31,35)/b30-12+/t19-,25+,26+,27-/m1/s1. The third kappa shape index (κ3) is 4.74. The van der Waals surface area contributed by atoms with Gasteiger partial charge in [-0.3, -0.25) is 4.79 Å². The van der Waals surface area contributed by atoms with E-state index >= 15 is 0 Å². The first-order valence-corrected chi connectivity index (χ1v) is 12.5. The zero-order valence-corrected chi connectivity index (χ0v) is 22.2. The molecule has 40 heavy (non-hydrogen) atoms. The summed E-state index contributed by atoms with van der Waals surface area (Å²) >= 11 is 0. The van der Waals surface area contributed by atoms with Crippen molar-refractivity contribution < 1.29 is 43.8 Å². The zero-order valence-electron chi connectivity index (χ0n) is 22.2. The molecule has 2 aliphatic rings. The number of fused-ring (bicyclic) bond motifs is 2. The normalized spacial score (nSPS) is 21.1. The second-order valence-electron chi connectivity index (χ2n) is 9.38. The Kier molecular flexibility index (Phi) is 7.67. The molecule has 0 saturated heterocycles. The van der Waals surface area contributed by atoms with Crippen LogP contribution in [0.25, 0.3) is 0 Å². The second kappa shape index (κ2) is 11.3. The highest BCUT2D eigenvalue weighted by atomic mass is 16.7. The molecule has 1 aliphatic carbocycles. The van der Waals surface area contributed by atoms with Crippen molar-refractivity contribution in [3.63, 3.8) is 0 Å². The molecule has 1 aliphatic heterocycles. The highest BCUT2D eigenvalue weighted by Gasteiger charge is 2.47. The van der Waals surface area contributed by atoms with E-state index in [0.717, 1.165) is 0 Å². The molecule has 4 N–H and O–H groups in total. The Bertz CT molecular complexity index is 1420. The highest BCUT2D eigenvalue weighted by molar-refractivity contribution is 5.86. The van der Waals surface area contributed by atoms with E-state index in [-0.39, 0.29) is 12.5 Å². The van der Waals surface area contributed by atoms with Crippen molar-refractivity contribution in [3.05, 3.63) is 70.8 Å². The van der Waals surface area contributed by atoms with E-state index in [2.05, 4.69) is 10.5 Å². The Balaban J connectivity index is 1.64. The number of aliphatic hydroxyl groups excluding tert-OH is 2. The number of hydrazone groups is 1. The Morgan fingerprint density at radius 1 is 1.02 bits per heavy atom. The van der Waals surface area contributed by atoms with Crippen LogP contribution >= 0.6 is 0 Å². The molecule has 3 aromatic carbocycles. The molecule has 0 fully saturated rings. The van der Waals surface area contributed by atoms with Crippen LogP contribution in [-0.2, 0) is 4.79 Å². The van der Waals surface area contributed by atoms with Gasteiger partial charge < -0.3 is 39.0 Å². The first-order chi connectivity index (χ1) is 19.4. The van der Waals surface area contributed by atoms with Crippen LogP contribution in [0.3, 0.4) is 0 Å². The molecule has 4 atom stereocenters. The fourth-order valence-corrected chi connectivity index (χ4v) is 5.43. The molecule has 5 rings (SSSR count). The lowest BCUT2D eigenvalue weighted by Crippen LogP contribution is -2.44. The van der Waals surface area contributed by atoms with Crippen molar-refractivity contribution in [1.82, 2.24) is 5.43 Å². The Morgan fingerprint density at radius 2 is 1.68 bits per heavy atom. The zero-order chi connectivity index (χ0) is 28.4. The van der Waals surface area contributed by atoms with Crippen LogP contribution in [0.5, 0.6) is 34.5 Å². The summed E-state index contributed by atoms with van der Waals surface area (Å²) in [6, 6.07) is 13.4. The average Bonchev–Trinajstić information content (AvgIpc) is 3.44. The highest BCUT2D eigenvalue weighted by Crippen LogP contribution is 2.53. The van der Waals surface area contributed by atoms with Crippen LogP contribution < -0.4 is 29.1 Å². The van der Waals surface area contributed by atoms with Crippen molar-refractivity contribution in [1.29, 1.82) is 0 Å². The van der Waals surface area contributed by atoms with E-state index in [1.165, 1.54) is 33.6 Å². The number of carbonyl (C=O) groups excluding carboxylic acids is 1. The summed E-state index contributed by atoms with van der Waals surface area (Å²) in [4.78, 5) is 13.8. The first kappa shape index (κ1) is 27.1. The lowest BCUT2D eigenvalue weighted by molar-refractivity contribution is -0.131. The topological polar surface area (TPSA) is 148 Å². The molecular formula is C29H30N2O9. The van der Waals surface area contributed by atoms with Crippen LogP contribution in [-0.4, -0.2) is 62.2 Å². The number of nitrogens with zero attached hydrogens (tertiary/aromatic N) is 1. The Hall–Kier alpha value is -4.48. The lowest BCUT2D eigenvalue weighted by Gasteiger charge is -2.41. The number of hydrogen-bond donors (Lipinski definition) is 4. The van der Waals surface area contributed by atoms with Crippen LogP contribution in [0, 0.1) is 11.8 Å². The summed E-state index contributed by atoms with van der Waals surface area (Å²) in [7, 11) is 4.48. The average molecular weight is 551 g/mol. The summed E-state index contributed by atoms with van der Waals surface area (Å²) in [5.74, 6) is -1.06. The quantitative estimate of drug-likeness (QED) is 0.245. The van der Waals surface area contributed by atoms with Crippen LogP contribution in [0.1, 0.15) is 34.3 Å². The molecule has 11 heteroatoms. The van der Waals surface area contributed by atoms with E-state index in [1.54, 1.807) is 42.5 Å². The number of benzene rings is 3. The molecule has 0 saturated carbocycles. The van der Waals surface area contributed by atoms with Gasteiger partial charge in [0.1, 0.15) is 5.75 Å². The minimum absolute atomic E-state index is 0.00197. The van der Waals surface area contributed by atoms with Crippen molar-refractivity contribution in [2.45, 2.75) is 12.0 Å². The van der Waals surface area contributed by atoms with Gasteiger partial charge in [-0.05, 0) is 53.1 Å². The monoisotopic (exact) mass is 550 g/mol. The number of methoxy groups -OCH3 is 3. The van der Waals surface area contributed by atoms with Crippen LogP contribution in [0.4, 0.5) is 0 Å². The van der Waals surface area contributed by atoms with Crippen molar-refractivity contribution in [3.8, 4) is 34.5 Å². The third-order valence-corrected chi connectivity index (χ3v) is 7.33. The SMILES string of the molecule is COc1cc([C@H]2c3cc4c(cc3[C@@H](O)[C@H](CO)[C@@H]2C(=O)N/N=C/c2ccccc2O)OCO4)cc(OC)c1OC. The molecule has 1 amide bonds. The molecule has 11 nitrogen and oxygen atoms in total. The number of nitrogens with one attached hydrogen (secondary N) is 1. The predicted octanol–water partition coefficient (Wildman–Crippen LogP) is 2.70. The number of phenols is 1. The third-order valence-electron chi connectivity index (χ3n) is 7.33. The second-order valence-corrected chi connectivity index (χ2v) is 9.38. The number of aromatic hydroxyl groups is 1. The van der Waals surface area contributed by atoms with Gasteiger partial charge in [-0.25, -0.2) is 5.43 Å². The maximum atomic E-state index is 13.8. The number of para-hydroxylation sites is 1. The number of aliphatic hydroxyl groups is 2. The minimum atomic E-state index is -1.19. The molecule has 0 radical (unpaired) electrons. The number of amides is 1. The van der Waals surface area contributed by atoms with Gasteiger partial charge in [-0.15, -0.1) is 0 Å². The molecule has 0 unspecified atom stereocenters. The molecule has 0 aromatic heterocycles. The summed E-state index contributed by atoms with van der Waals surface area (Å²) < 4.78 is 27.8. The molecule has 0 bridgehead atoms. The predicted molar refractivity (Wildman–Crippen MR) is 143 cm³/mol. The molecule has 1 heterocycles. The van der Waals surface area contributed by atoms with Crippen molar-refractivity contribution in [2.75, 3.05) is 34.7 Å². The van der Waals surface area contributed by atoms with Crippen LogP contribution in [0.15, 0.2) is 53.6 Å². The van der Waals surface area contributed by atoms with Gasteiger partial charge in [-0.2, -0.15) is 5.10 Å². The number of hydrogen-bond acceptors (Lipinski definition) is 10. The fraction of sp³-hybridized carbons (Fsp3) is 0.310. The smallest absolute Gasteiger partial charge is 0.244 e. The van der Waals surface area contributed by atoms with E-state index in [4.69, 9.17) is 23.7 Å². The van der Waals surface area contributed by atoms with E-state index < -0.39 is 36.4 Å². The summed E-state index contributed by atoms with van der Waals surface area (Å²) in [6.07, 6.45) is 0.131. The Morgan fingerprint density at radius 3 is 2.27 bits per heavy atom. The number of rotatable bonds is 8. The minimum Gasteiger partial charge on any atom is -0.507 e. The summed E-state index contributed by atoms with van der Waals surface area (Å²) in [6.45, 7) is -0.463. The van der Waals surface area contributed by atoms with Gasteiger partial charge in [-0.1, -0.05) is 12.1 Å². The largest absolute Gasteiger partial charge is 0.507 e. The fourth-order valence-electron chi connectivity index (χ4n) is 5.43. The van der Waals surface area contributed by atoms with Crippen molar-refractivity contribution in [2.24, 2.45) is 16.9 Å². The molecular weight excluding hydrogens is 520 g/mol. The number of ether oxygens (including phenoxy) is 5. The van der Waals surface area contributed by atoms with E-state index in [9.17, 15) is 20.1 Å². The maximum absolute atomic E-state index is 13.8. The summed E-state index contributed by atoms with van der Waals surface area (Å²) in [5, 5.41) is 35.9. The van der Waals surface area contributed by atoms with Gasteiger partial charge in [0.2, 0.25) is 18.4 Å². The first-order valence-electron chi connectivity index (χ1n) is 12.5. The maximum Gasteiger partial charge on any atom is 0.244 e. The lowest BCUT2D eigenvalue weighted by atomic mass is 9.65. The molecule has 3 aromatic rings. The van der Waals surface area contributed by atoms with Gasteiger partial charge in [0.05, 0.1) is 39.6 Å².